The lowest BCUT2D eigenvalue weighted by Crippen LogP contribution is -2.05. The van der Waals surface area contributed by atoms with Crippen LogP contribution in [0.5, 0.6) is 0 Å². The maximum absolute atomic E-state index is 5.60. The third-order valence-corrected chi connectivity index (χ3v) is 2.04. The molecule has 2 nitrogen and oxygen atoms in total. The van der Waals surface area contributed by atoms with Gasteiger partial charge in [-0.15, -0.1) is 0 Å². The molecule has 0 saturated heterocycles. The number of allylic oxidation sites excluding steroid dienone is 4. The molecule has 3 heteroatoms. The normalized spacial score (nSPS) is 22.0. The summed E-state index contributed by atoms with van der Waals surface area (Å²) in [4.78, 5) is 0. The first-order chi connectivity index (χ1) is 5.01. The van der Waals surface area contributed by atoms with E-state index in [9.17, 15) is 0 Å². The maximum atomic E-state index is 5.60. The highest BCUT2D eigenvalue weighted by Gasteiger charge is 2.13. The average Bonchev–Trinajstić information content (AvgIpc) is 2.03. The molecule has 0 aromatic carbocycles. The summed E-state index contributed by atoms with van der Waals surface area (Å²) in [5.41, 5.74) is 12.4. The topological polar surface area (TPSA) is 52.0 Å². The van der Waals surface area contributed by atoms with Crippen molar-refractivity contribution in [2.45, 2.75) is 11.2 Å². The van der Waals surface area contributed by atoms with E-state index < -0.39 is 0 Å². The fourth-order valence-corrected chi connectivity index (χ4v) is 1.02. The summed E-state index contributed by atoms with van der Waals surface area (Å²) in [7, 11) is 0. The average molecular weight is 215 g/mol. The summed E-state index contributed by atoms with van der Waals surface area (Å²) < 4.78 is -0.126. The molecule has 0 atom stereocenters. The molecule has 1 aliphatic carbocycles. The number of nitrogens with two attached hydrogens (primary N) is 2. The highest BCUT2D eigenvalue weighted by Crippen LogP contribution is 2.23. The molecule has 0 radical (unpaired) electrons. The van der Waals surface area contributed by atoms with Crippen LogP contribution in [0, 0.1) is 0 Å². The van der Waals surface area contributed by atoms with Gasteiger partial charge in [0.1, 0.15) is 0 Å². The van der Waals surface area contributed by atoms with Crippen LogP contribution in [-0.2, 0) is 0 Å². The summed E-state index contributed by atoms with van der Waals surface area (Å²) in [5, 5.41) is 0. The van der Waals surface area contributed by atoms with Gasteiger partial charge in [0.15, 0.2) is 0 Å². The van der Waals surface area contributed by atoms with Gasteiger partial charge in [-0.25, -0.2) is 0 Å². The zero-order chi connectivity index (χ0) is 8.48. The maximum Gasteiger partial charge on any atom is 0.0595 e. The van der Waals surface area contributed by atoms with Crippen LogP contribution in [-0.4, -0.2) is 4.32 Å². The van der Waals surface area contributed by atoms with Gasteiger partial charge in [0.05, 0.1) is 15.7 Å². The van der Waals surface area contributed by atoms with E-state index in [1.54, 1.807) is 0 Å². The van der Waals surface area contributed by atoms with E-state index in [0.717, 1.165) is 0 Å². The Morgan fingerprint density at radius 3 is 1.91 bits per heavy atom. The van der Waals surface area contributed by atoms with Crippen LogP contribution in [0.3, 0.4) is 0 Å². The highest BCUT2D eigenvalue weighted by atomic mass is 79.9. The van der Waals surface area contributed by atoms with E-state index >= 15 is 0 Å². The Balaban J connectivity index is 3.01. The van der Waals surface area contributed by atoms with Crippen LogP contribution in [0.1, 0.15) is 6.92 Å². The van der Waals surface area contributed by atoms with Crippen LogP contribution in [0.2, 0.25) is 0 Å². The predicted octanol–water partition coefficient (Wildman–Crippen LogP) is 1.40. The third kappa shape index (κ3) is 2.12. The van der Waals surface area contributed by atoms with Crippen molar-refractivity contribution in [2.24, 2.45) is 11.5 Å². The Bertz CT molecular complexity index is 225. The number of rotatable bonds is 0. The van der Waals surface area contributed by atoms with Gasteiger partial charge in [-0.05, 0) is 19.1 Å². The number of halogens is 1. The summed E-state index contributed by atoms with van der Waals surface area (Å²) in [5.74, 6) is 0. The van der Waals surface area contributed by atoms with Crippen molar-refractivity contribution in [3.05, 3.63) is 35.7 Å². The van der Waals surface area contributed by atoms with Crippen molar-refractivity contribution in [1.29, 1.82) is 0 Å². The zero-order valence-corrected chi connectivity index (χ0v) is 7.93. The lowest BCUT2D eigenvalue weighted by Gasteiger charge is -2.09. The smallest absolute Gasteiger partial charge is 0.0595 e. The van der Waals surface area contributed by atoms with Gasteiger partial charge in [0, 0.05) is 0 Å². The second kappa shape index (κ2) is 2.74. The van der Waals surface area contributed by atoms with E-state index in [-0.39, 0.29) is 4.32 Å². The Kier molecular flexibility index (Phi) is 2.09. The molecule has 0 bridgehead atoms. The second-order valence-corrected chi connectivity index (χ2v) is 4.44. The molecule has 1 rings (SSSR count). The standard InChI is InChI=1S/C8H11BrN2/c1-8(9)4-2-6(10)7(11)3-5-8/h2-5H,10-11H2,1H3. The molecule has 0 aromatic heterocycles. The van der Waals surface area contributed by atoms with Gasteiger partial charge in [-0.3, -0.25) is 0 Å². The van der Waals surface area contributed by atoms with E-state index in [1.807, 2.05) is 31.2 Å². The molecule has 0 saturated carbocycles. The first-order valence-corrected chi connectivity index (χ1v) is 4.13. The fourth-order valence-electron chi connectivity index (χ4n) is 0.753. The molecule has 0 aliphatic heterocycles. The Labute approximate surface area is 74.8 Å². The minimum Gasteiger partial charge on any atom is -0.397 e. The largest absolute Gasteiger partial charge is 0.397 e. The van der Waals surface area contributed by atoms with Crippen LogP contribution >= 0.6 is 15.9 Å². The van der Waals surface area contributed by atoms with E-state index in [1.165, 1.54) is 0 Å². The molecule has 0 amide bonds. The number of alkyl halides is 1. The SMILES string of the molecule is CC1(Br)C=CC(N)=C(N)C=C1. The van der Waals surface area contributed by atoms with Crippen molar-refractivity contribution in [3.8, 4) is 0 Å². The van der Waals surface area contributed by atoms with E-state index in [0.29, 0.717) is 11.4 Å². The molecule has 0 heterocycles. The molecule has 60 valence electrons. The quantitative estimate of drug-likeness (QED) is 0.600. The summed E-state index contributed by atoms with van der Waals surface area (Å²) >= 11 is 3.49. The molecule has 0 unspecified atom stereocenters. The van der Waals surface area contributed by atoms with Crippen molar-refractivity contribution < 1.29 is 0 Å². The van der Waals surface area contributed by atoms with Gasteiger partial charge in [-0.2, -0.15) is 0 Å². The minimum atomic E-state index is -0.126. The Hall–Kier alpha value is -0.700. The molecule has 4 N–H and O–H groups in total. The summed E-state index contributed by atoms with van der Waals surface area (Å²) in [6.45, 7) is 2.02. The van der Waals surface area contributed by atoms with Crippen LogP contribution < -0.4 is 11.5 Å². The van der Waals surface area contributed by atoms with Crippen LogP contribution in [0.15, 0.2) is 35.7 Å². The van der Waals surface area contributed by atoms with Crippen LogP contribution in [0.4, 0.5) is 0 Å². The molecule has 0 fully saturated rings. The molecule has 11 heavy (non-hydrogen) atoms. The third-order valence-electron chi connectivity index (χ3n) is 1.51. The number of hydrogen-bond donors (Lipinski definition) is 2. The zero-order valence-electron chi connectivity index (χ0n) is 6.34. The lowest BCUT2D eigenvalue weighted by atomic mass is 10.1. The monoisotopic (exact) mass is 214 g/mol. The first kappa shape index (κ1) is 8.40. The van der Waals surface area contributed by atoms with Crippen molar-refractivity contribution >= 4 is 15.9 Å². The molecule has 0 aromatic rings. The van der Waals surface area contributed by atoms with Crippen LogP contribution in [0.25, 0.3) is 0 Å². The second-order valence-electron chi connectivity index (χ2n) is 2.73. The number of hydrogen-bond acceptors (Lipinski definition) is 2. The molecule has 1 aliphatic rings. The Morgan fingerprint density at radius 2 is 1.55 bits per heavy atom. The van der Waals surface area contributed by atoms with E-state index in [4.69, 9.17) is 11.5 Å². The molecular formula is C8H11BrN2. The molecule has 0 spiro atoms. The van der Waals surface area contributed by atoms with Gasteiger partial charge in [0.2, 0.25) is 0 Å². The first-order valence-electron chi connectivity index (χ1n) is 3.34. The highest BCUT2D eigenvalue weighted by molar-refractivity contribution is 9.10. The lowest BCUT2D eigenvalue weighted by molar-refractivity contribution is 1.03. The molecular weight excluding hydrogens is 204 g/mol. The van der Waals surface area contributed by atoms with Gasteiger partial charge >= 0.3 is 0 Å². The summed E-state index contributed by atoms with van der Waals surface area (Å²) in [6, 6.07) is 0. The van der Waals surface area contributed by atoms with Crippen molar-refractivity contribution in [1.82, 2.24) is 0 Å². The predicted molar refractivity (Wildman–Crippen MR) is 51.0 cm³/mol. The van der Waals surface area contributed by atoms with E-state index in [2.05, 4.69) is 15.9 Å². The van der Waals surface area contributed by atoms with Gasteiger partial charge in [-0.1, -0.05) is 28.1 Å². The Morgan fingerprint density at radius 1 is 1.18 bits per heavy atom. The van der Waals surface area contributed by atoms with Crippen molar-refractivity contribution in [2.75, 3.05) is 0 Å². The van der Waals surface area contributed by atoms with Gasteiger partial charge < -0.3 is 11.5 Å². The fraction of sp³-hybridized carbons (Fsp3) is 0.250. The van der Waals surface area contributed by atoms with Gasteiger partial charge in [0.25, 0.3) is 0 Å². The minimum absolute atomic E-state index is 0.126. The van der Waals surface area contributed by atoms with Crippen molar-refractivity contribution in [3.63, 3.8) is 0 Å². The summed E-state index contributed by atoms with van der Waals surface area (Å²) in [6.07, 6.45) is 7.53.